The number of hydrogen-bond acceptors (Lipinski definition) is 4. The van der Waals surface area contributed by atoms with E-state index in [1.807, 2.05) is 0 Å². The lowest BCUT2D eigenvalue weighted by Gasteiger charge is -2.17. The maximum Gasteiger partial charge on any atom is 0.435 e. The van der Waals surface area contributed by atoms with Crippen molar-refractivity contribution >= 4 is 17.5 Å². The van der Waals surface area contributed by atoms with Crippen LogP contribution in [-0.4, -0.2) is 41.8 Å². The molecule has 2 heterocycles. The van der Waals surface area contributed by atoms with Gasteiger partial charge in [-0.05, 0) is 18.2 Å². The van der Waals surface area contributed by atoms with Gasteiger partial charge in [-0.2, -0.15) is 18.3 Å². The van der Waals surface area contributed by atoms with E-state index in [0.717, 1.165) is 10.7 Å². The average Bonchev–Trinajstić information content (AvgIpc) is 3.28. The Hall–Kier alpha value is -3.04. The molecule has 1 N–H and O–H groups in total. The van der Waals surface area contributed by atoms with Crippen LogP contribution in [-0.2, 0) is 22.3 Å². The molecule has 10 heteroatoms. The molecule has 2 amide bonds. The summed E-state index contributed by atoms with van der Waals surface area (Å²) < 4.78 is 43.8. The lowest BCUT2D eigenvalue weighted by molar-refractivity contribution is -0.141. The molecule has 28 heavy (non-hydrogen) atoms. The number of nitrogens with zero attached hydrogens (tertiary/aromatic N) is 3. The molecule has 7 nitrogen and oxygen atoms in total. The number of rotatable bonds is 6. The van der Waals surface area contributed by atoms with Gasteiger partial charge in [-0.3, -0.25) is 14.3 Å². The van der Waals surface area contributed by atoms with Gasteiger partial charge < -0.3 is 15.0 Å². The highest BCUT2D eigenvalue weighted by atomic mass is 19.4. The summed E-state index contributed by atoms with van der Waals surface area (Å²) in [6.07, 6.45) is -3.22. The van der Waals surface area contributed by atoms with E-state index in [1.54, 1.807) is 24.3 Å². The molecule has 3 rings (SSSR count). The number of nitrogens with one attached hydrogen (secondary N) is 1. The minimum Gasteiger partial charge on any atom is -0.497 e. The summed E-state index contributed by atoms with van der Waals surface area (Å²) in [6, 6.07) is 7.87. The number of anilines is 1. The lowest BCUT2D eigenvalue weighted by atomic mass is 10.1. The van der Waals surface area contributed by atoms with Crippen molar-refractivity contribution in [3.63, 3.8) is 0 Å². The molecule has 1 fully saturated rings. The zero-order chi connectivity index (χ0) is 20.3. The van der Waals surface area contributed by atoms with Crippen LogP contribution in [0.2, 0.25) is 0 Å². The van der Waals surface area contributed by atoms with Crippen molar-refractivity contribution in [2.75, 3.05) is 25.1 Å². The zero-order valence-corrected chi connectivity index (χ0v) is 15.1. The van der Waals surface area contributed by atoms with Gasteiger partial charge in [0.05, 0.1) is 19.6 Å². The number of aromatic nitrogens is 2. The molecule has 1 atom stereocenters. The van der Waals surface area contributed by atoms with E-state index in [2.05, 4.69) is 10.4 Å². The highest BCUT2D eigenvalue weighted by molar-refractivity contribution is 6.00. The van der Waals surface area contributed by atoms with Crippen molar-refractivity contribution in [1.29, 1.82) is 0 Å². The van der Waals surface area contributed by atoms with E-state index < -0.39 is 17.8 Å². The van der Waals surface area contributed by atoms with Crippen LogP contribution < -0.4 is 15.0 Å². The molecule has 0 spiro atoms. The Morgan fingerprint density at radius 3 is 2.82 bits per heavy atom. The van der Waals surface area contributed by atoms with Crippen LogP contribution in [0.1, 0.15) is 12.1 Å². The third-order valence-electron chi connectivity index (χ3n) is 4.43. The van der Waals surface area contributed by atoms with Crippen LogP contribution in [0.3, 0.4) is 0 Å². The maximum absolute atomic E-state index is 12.5. The first-order valence-corrected chi connectivity index (χ1v) is 8.60. The molecule has 0 radical (unpaired) electrons. The van der Waals surface area contributed by atoms with E-state index in [9.17, 15) is 22.8 Å². The Bertz CT molecular complexity index is 866. The van der Waals surface area contributed by atoms with Crippen molar-refractivity contribution in [1.82, 2.24) is 15.1 Å². The molecule has 0 bridgehead atoms. The predicted molar refractivity (Wildman–Crippen MR) is 93.7 cm³/mol. The number of benzene rings is 1. The summed E-state index contributed by atoms with van der Waals surface area (Å²) >= 11 is 0. The van der Waals surface area contributed by atoms with Crippen molar-refractivity contribution in [2.24, 2.45) is 5.92 Å². The second-order valence-corrected chi connectivity index (χ2v) is 6.36. The predicted octanol–water partition coefficient (Wildman–Crippen LogP) is 2.08. The molecule has 150 valence electrons. The van der Waals surface area contributed by atoms with E-state index in [-0.39, 0.29) is 37.9 Å². The SMILES string of the molecule is COc1cccc(N2CC(C(=O)NCCn3ccc(C(F)(F)F)n3)CC2=O)c1. The number of carbonyl (C=O) groups is 2. The Kier molecular flexibility index (Phi) is 5.57. The van der Waals surface area contributed by atoms with Gasteiger partial charge in [-0.15, -0.1) is 0 Å². The zero-order valence-electron chi connectivity index (χ0n) is 15.1. The average molecular weight is 396 g/mol. The number of methoxy groups -OCH3 is 1. The normalized spacial score (nSPS) is 17.1. The molecule has 0 saturated carbocycles. The number of hydrogen-bond donors (Lipinski definition) is 1. The smallest absolute Gasteiger partial charge is 0.435 e. The van der Waals surface area contributed by atoms with Crippen LogP contribution in [0.15, 0.2) is 36.5 Å². The van der Waals surface area contributed by atoms with E-state index in [0.29, 0.717) is 11.4 Å². The fraction of sp³-hybridized carbons (Fsp3) is 0.389. The molecular formula is C18H19F3N4O3. The summed E-state index contributed by atoms with van der Waals surface area (Å²) in [5, 5.41) is 6.07. The second-order valence-electron chi connectivity index (χ2n) is 6.36. The van der Waals surface area contributed by atoms with Crippen LogP contribution in [0, 0.1) is 5.92 Å². The largest absolute Gasteiger partial charge is 0.497 e. The lowest BCUT2D eigenvalue weighted by Crippen LogP contribution is -2.34. The van der Waals surface area contributed by atoms with Crippen LogP contribution >= 0.6 is 0 Å². The standard InChI is InChI=1S/C18H19F3N4O3/c1-28-14-4-2-3-13(10-14)25-11-12(9-16(25)26)17(27)22-6-8-24-7-5-15(23-24)18(19,20)21/h2-5,7,10,12H,6,8-9,11H2,1H3,(H,22,27). The first-order chi connectivity index (χ1) is 13.3. The molecular weight excluding hydrogens is 377 g/mol. The number of carbonyl (C=O) groups excluding carboxylic acids is 2. The Labute approximate surface area is 159 Å². The van der Waals surface area contributed by atoms with E-state index in [4.69, 9.17) is 4.74 Å². The summed E-state index contributed by atoms with van der Waals surface area (Å²) in [5.41, 5.74) is -0.329. The van der Waals surface area contributed by atoms with Crippen LogP contribution in [0.5, 0.6) is 5.75 Å². The molecule has 2 aromatic rings. The highest BCUT2D eigenvalue weighted by Gasteiger charge is 2.35. The third kappa shape index (κ3) is 4.44. The van der Waals surface area contributed by atoms with Gasteiger partial charge in [0, 0.05) is 37.5 Å². The molecule has 1 aliphatic heterocycles. The number of ether oxygens (including phenoxy) is 1. The second kappa shape index (κ2) is 7.91. The summed E-state index contributed by atoms with van der Waals surface area (Å²) in [4.78, 5) is 26.1. The Balaban J connectivity index is 1.52. The van der Waals surface area contributed by atoms with Crippen molar-refractivity contribution in [3.8, 4) is 5.75 Å². The molecule has 1 saturated heterocycles. The molecule has 0 aliphatic carbocycles. The van der Waals surface area contributed by atoms with Gasteiger partial charge in [0.25, 0.3) is 0 Å². The Morgan fingerprint density at radius 1 is 1.36 bits per heavy atom. The highest BCUT2D eigenvalue weighted by Crippen LogP contribution is 2.28. The van der Waals surface area contributed by atoms with Gasteiger partial charge in [0.1, 0.15) is 5.75 Å². The first kappa shape index (κ1) is 19.7. The first-order valence-electron chi connectivity index (χ1n) is 8.60. The topological polar surface area (TPSA) is 76.5 Å². The number of alkyl halides is 3. The monoisotopic (exact) mass is 396 g/mol. The van der Waals surface area contributed by atoms with Crippen molar-refractivity contribution in [2.45, 2.75) is 19.1 Å². The van der Waals surface area contributed by atoms with Crippen molar-refractivity contribution in [3.05, 3.63) is 42.2 Å². The molecule has 1 unspecified atom stereocenters. The van der Waals surface area contributed by atoms with E-state index in [1.165, 1.54) is 18.2 Å². The van der Waals surface area contributed by atoms with E-state index >= 15 is 0 Å². The summed E-state index contributed by atoms with van der Waals surface area (Å²) in [6.45, 7) is 0.446. The quantitative estimate of drug-likeness (QED) is 0.811. The summed E-state index contributed by atoms with van der Waals surface area (Å²) in [7, 11) is 1.53. The summed E-state index contributed by atoms with van der Waals surface area (Å²) in [5.74, 6) is -0.407. The van der Waals surface area contributed by atoms with Crippen LogP contribution in [0.25, 0.3) is 0 Å². The Morgan fingerprint density at radius 2 is 2.14 bits per heavy atom. The third-order valence-corrected chi connectivity index (χ3v) is 4.43. The number of amides is 2. The fourth-order valence-corrected chi connectivity index (χ4v) is 2.99. The van der Waals surface area contributed by atoms with Gasteiger partial charge in [-0.25, -0.2) is 0 Å². The number of halogens is 3. The molecule has 1 aromatic carbocycles. The molecule has 1 aromatic heterocycles. The minimum atomic E-state index is -4.50. The molecule has 1 aliphatic rings. The van der Waals surface area contributed by atoms with Crippen LogP contribution in [0.4, 0.5) is 18.9 Å². The van der Waals surface area contributed by atoms with Gasteiger partial charge in [0.2, 0.25) is 11.8 Å². The van der Waals surface area contributed by atoms with Gasteiger partial charge in [-0.1, -0.05) is 6.07 Å². The van der Waals surface area contributed by atoms with Crippen molar-refractivity contribution < 1.29 is 27.5 Å². The maximum atomic E-state index is 12.5. The van der Waals surface area contributed by atoms with Gasteiger partial charge in [0.15, 0.2) is 5.69 Å². The fourth-order valence-electron chi connectivity index (χ4n) is 2.99. The van der Waals surface area contributed by atoms with Gasteiger partial charge >= 0.3 is 6.18 Å². The minimum absolute atomic E-state index is 0.0725.